The van der Waals surface area contributed by atoms with Crippen LogP contribution >= 0.6 is 0 Å². The number of piperazine rings is 1. The second-order valence-corrected chi connectivity index (χ2v) is 4.11. The number of carbonyl (C=O) groups excluding carboxylic acids is 1. The lowest BCUT2D eigenvalue weighted by atomic mass is 10.3. The molecule has 1 aromatic rings. The van der Waals surface area contributed by atoms with Gasteiger partial charge in [0.15, 0.2) is 6.29 Å². The third-order valence-corrected chi connectivity index (χ3v) is 2.94. The highest BCUT2D eigenvalue weighted by Gasteiger charge is 2.21. The average Bonchev–Trinajstić information content (AvgIpc) is 2.46. The number of carbonyl (C=O) groups is 1. The molecule has 1 aliphatic heterocycles. The number of methoxy groups -OCH3 is 1. The minimum atomic E-state index is -0.513. The molecule has 0 radical (unpaired) electrons. The van der Waals surface area contributed by atoms with E-state index in [1.165, 1.54) is 0 Å². The smallest absolute Gasteiger partial charge is 0.209 e. The van der Waals surface area contributed by atoms with Crippen molar-refractivity contribution in [2.45, 2.75) is 6.23 Å². The molecule has 0 aliphatic carbocycles. The predicted molar refractivity (Wildman–Crippen MR) is 67.9 cm³/mol. The van der Waals surface area contributed by atoms with Gasteiger partial charge in [-0.25, -0.2) is 0 Å². The van der Waals surface area contributed by atoms with Crippen LogP contribution in [0.3, 0.4) is 0 Å². The predicted octanol–water partition coefficient (Wildman–Crippen LogP) is 0.504. The van der Waals surface area contributed by atoms with E-state index in [-0.39, 0.29) is 0 Å². The Morgan fingerprint density at radius 1 is 1.22 bits per heavy atom. The monoisotopic (exact) mass is 250 g/mol. The molecule has 1 fully saturated rings. The van der Waals surface area contributed by atoms with Crippen LogP contribution in [-0.4, -0.2) is 50.7 Å². The van der Waals surface area contributed by atoms with E-state index < -0.39 is 6.23 Å². The number of benzene rings is 1. The molecule has 0 aromatic heterocycles. The lowest BCUT2D eigenvalue weighted by Crippen LogP contribution is -2.51. The highest BCUT2D eigenvalue weighted by atomic mass is 16.5. The lowest BCUT2D eigenvalue weighted by molar-refractivity contribution is -0.122. The molecule has 0 saturated carbocycles. The first-order valence-electron chi connectivity index (χ1n) is 6.04. The van der Waals surface area contributed by atoms with Crippen LogP contribution < -0.4 is 14.8 Å². The van der Waals surface area contributed by atoms with Crippen molar-refractivity contribution in [1.82, 2.24) is 10.2 Å². The molecule has 1 aromatic carbocycles. The summed E-state index contributed by atoms with van der Waals surface area (Å²) in [5, 5.41) is 3.24. The molecule has 0 spiro atoms. The zero-order chi connectivity index (χ0) is 12.8. The number of hydrogen-bond donors (Lipinski definition) is 1. The topological polar surface area (TPSA) is 50.8 Å². The first-order valence-corrected chi connectivity index (χ1v) is 6.04. The van der Waals surface area contributed by atoms with Crippen molar-refractivity contribution < 1.29 is 14.3 Å². The van der Waals surface area contributed by atoms with Gasteiger partial charge in [0.25, 0.3) is 0 Å². The van der Waals surface area contributed by atoms with Crippen LogP contribution in [0.4, 0.5) is 0 Å². The van der Waals surface area contributed by atoms with Gasteiger partial charge in [-0.3, -0.25) is 9.69 Å². The number of hydrogen-bond acceptors (Lipinski definition) is 5. The molecule has 1 atom stereocenters. The lowest BCUT2D eigenvalue weighted by Gasteiger charge is -2.31. The van der Waals surface area contributed by atoms with Crippen molar-refractivity contribution in [3.63, 3.8) is 0 Å². The van der Waals surface area contributed by atoms with Gasteiger partial charge in [-0.1, -0.05) is 0 Å². The minimum Gasteiger partial charge on any atom is -0.497 e. The Kier molecular flexibility index (Phi) is 4.55. The summed E-state index contributed by atoms with van der Waals surface area (Å²) in [5.74, 6) is 1.44. The Bertz CT molecular complexity index is 374. The van der Waals surface area contributed by atoms with Crippen LogP contribution in [0.5, 0.6) is 11.5 Å². The number of nitrogens with one attached hydrogen (secondary N) is 1. The summed E-state index contributed by atoms with van der Waals surface area (Å²) in [4.78, 5) is 13.1. The van der Waals surface area contributed by atoms with Crippen LogP contribution in [0, 0.1) is 0 Å². The Morgan fingerprint density at radius 3 is 2.39 bits per heavy atom. The van der Waals surface area contributed by atoms with Gasteiger partial charge in [0.05, 0.1) is 7.11 Å². The molecule has 1 N–H and O–H groups in total. The van der Waals surface area contributed by atoms with Crippen LogP contribution in [-0.2, 0) is 4.79 Å². The van der Waals surface area contributed by atoms with Gasteiger partial charge >= 0.3 is 0 Å². The highest BCUT2D eigenvalue weighted by molar-refractivity contribution is 5.56. The second-order valence-electron chi connectivity index (χ2n) is 4.11. The Balaban J connectivity index is 1.97. The van der Waals surface area contributed by atoms with Crippen LogP contribution in [0.25, 0.3) is 0 Å². The Morgan fingerprint density at radius 2 is 1.83 bits per heavy atom. The third-order valence-electron chi connectivity index (χ3n) is 2.94. The first kappa shape index (κ1) is 12.9. The van der Waals surface area contributed by atoms with Gasteiger partial charge in [-0.05, 0) is 24.3 Å². The number of nitrogens with zero attached hydrogens (tertiary/aromatic N) is 1. The van der Waals surface area contributed by atoms with Gasteiger partial charge in [0, 0.05) is 26.2 Å². The standard InChI is InChI=1S/C13H18N2O3/c1-17-11-2-4-12(5-3-11)18-13(10-16)15-8-6-14-7-9-15/h2-5,10,13-14H,6-9H2,1H3. The molecule has 1 aliphatic rings. The molecule has 1 saturated heterocycles. The van der Waals surface area contributed by atoms with E-state index in [1.807, 2.05) is 17.0 Å². The van der Waals surface area contributed by atoms with Crippen molar-refractivity contribution >= 4 is 6.29 Å². The zero-order valence-electron chi connectivity index (χ0n) is 10.5. The second kappa shape index (κ2) is 6.37. The summed E-state index contributed by atoms with van der Waals surface area (Å²) < 4.78 is 10.8. The summed E-state index contributed by atoms with van der Waals surface area (Å²) in [7, 11) is 1.62. The number of ether oxygens (including phenoxy) is 2. The van der Waals surface area contributed by atoms with Crippen molar-refractivity contribution in [1.29, 1.82) is 0 Å². The fourth-order valence-corrected chi connectivity index (χ4v) is 1.92. The van der Waals surface area contributed by atoms with E-state index >= 15 is 0 Å². The molecule has 18 heavy (non-hydrogen) atoms. The van der Waals surface area contributed by atoms with Crippen molar-refractivity contribution in [3.8, 4) is 11.5 Å². The fourth-order valence-electron chi connectivity index (χ4n) is 1.92. The van der Waals surface area contributed by atoms with Gasteiger partial charge in [-0.2, -0.15) is 0 Å². The Hall–Kier alpha value is -1.59. The molecular formula is C13H18N2O3. The summed E-state index contributed by atoms with van der Waals surface area (Å²) in [5.41, 5.74) is 0. The number of rotatable bonds is 5. The average molecular weight is 250 g/mol. The molecule has 98 valence electrons. The highest BCUT2D eigenvalue weighted by Crippen LogP contribution is 2.18. The molecular weight excluding hydrogens is 232 g/mol. The van der Waals surface area contributed by atoms with E-state index in [1.54, 1.807) is 19.2 Å². The number of aldehydes is 1. The fraction of sp³-hybridized carbons (Fsp3) is 0.462. The van der Waals surface area contributed by atoms with Crippen molar-refractivity contribution in [2.75, 3.05) is 33.3 Å². The molecule has 0 bridgehead atoms. The summed E-state index contributed by atoms with van der Waals surface area (Å²) in [6, 6.07) is 7.24. The normalized spacial score (nSPS) is 18.1. The van der Waals surface area contributed by atoms with E-state index in [4.69, 9.17) is 9.47 Å². The van der Waals surface area contributed by atoms with Crippen molar-refractivity contribution in [3.05, 3.63) is 24.3 Å². The van der Waals surface area contributed by atoms with Gasteiger partial charge in [-0.15, -0.1) is 0 Å². The van der Waals surface area contributed by atoms with Gasteiger partial charge < -0.3 is 14.8 Å². The van der Waals surface area contributed by atoms with E-state index in [2.05, 4.69) is 5.32 Å². The molecule has 1 heterocycles. The van der Waals surface area contributed by atoms with Crippen LogP contribution in [0.15, 0.2) is 24.3 Å². The molecule has 0 amide bonds. The maximum atomic E-state index is 11.1. The largest absolute Gasteiger partial charge is 0.497 e. The minimum absolute atomic E-state index is 0.513. The summed E-state index contributed by atoms with van der Waals surface area (Å²) >= 11 is 0. The first-order chi connectivity index (χ1) is 8.83. The van der Waals surface area contributed by atoms with Crippen LogP contribution in [0.2, 0.25) is 0 Å². The SMILES string of the molecule is COc1ccc(OC(C=O)N2CCNCC2)cc1. The summed E-state index contributed by atoms with van der Waals surface area (Å²) in [6.07, 6.45) is 0.329. The van der Waals surface area contributed by atoms with Gasteiger partial charge in [0.1, 0.15) is 11.5 Å². The van der Waals surface area contributed by atoms with Gasteiger partial charge in [0.2, 0.25) is 6.23 Å². The maximum Gasteiger partial charge on any atom is 0.209 e. The van der Waals surface area contributed by atoms with Crippen LogP contribution in [0.1, 0.15) is 0 Å². The maximum absolute atomic E-state index is 11.1. The van der Waals surface area contributed by atoms with E-state index in [0.717, 1.165) is 38.2 Å². The Labute approximate surface area is 107 Å². The quantitative estimate of drug-likeness (QED) is 0.771. The molecule has 5 nitrogen and oxygen atoms in total. The van der Waals surface area contributed by atoms with Crippen molar-refractivity contribution in [2.24, 2.45) is 0 Å². The van der Waals surface area contributed by atoms with E-state index in [0.29, 0.717) is 5.75 Å². The zero-order valence-corrected chi connectivity index (χ0v) is 10.5. The molecule has 5 heteroatoms. The molecule has 1 unspecified atom stereocenters. The van der Waals surface area contributed by atoms with E-state index in [9.17, 15) is 4.79 Å². The third kappa shape index (κ3) is 3.21. The molecule has 2 rings (SSSR count). The summed E-state index contributed by atoms with van der Waals surface area (Å²) in [6.45, 7) is 3.41.